The van der Waals surface area contributed by atoms with E-state index in [4.69, 9.17) is 5.73 Å². The first-order valence-electron chi connectivity index (χ1n) is 5.97. The third-order valence-corrected chi connectivity index (χ3v) is 2.75. The van der Waals surface area contributed by atoms with E-state index in [1.165, 1.54) is 10.4 Å². The van der Waals surface area contributed by atoms with Crippen molar-refractivity contribution in [1.29, 1.82) is 0 Å². The van der Waals surface area contributed by atoms with Gasteiger partial charge < -0.3 is 5.73 Å². The van der Waals surface area contributed by atoms with E-state index in [2.05, 4.69) is 27.2 Å². The number of aryl methyl sites for hydroxylation is 1. The molecule has 0 unspecified atom stereocenters. The lowest BCUT2D eigenvalue weighted by molar-refractivity contribution is 0.264. The fourth-order valence-electron chi connectivity index (χ4n) is 1.75. The first-order valence-corrected chi connectivity index (χ1v) is 5.97. The molecule has 1 heterocycles. The van der Waals surface area contributed by atoms with Gasteiger partial charge in [0.2, 0.25) is 0 Å². The Morgan fingerprint density at radius 1 is 1.22 bits per heavy atom. The minimum Gasteiger partial charge on any atom is -0.399 e. The van der Waals surface area contributed by atoms with Gasteiger partial charge in [-0.25, -0.2) is 0 Å². The third-order valence-electron chi connectivity index (χ3n) is 2.75. The Labute approximate surface area is 106 Å². The van der Waals surface area contributed by atoms with Gasteiger partial charge in [0, 0.05) is 12.2 Å². The summed E-state index contributed by atoms with van der Waals surface area (Å²) in [7, 11) is 1.77. The van der Waals surface area contributed by atoms with Crippen LogP contribution in [0, 0.1) is 0 Å². The van der Waals surface area contributed by atoms with Crippen molar-refractivity contribution in [3.8, 4) is 0 Å². The Hall–Kier alpha value is -1.95. The molecular weight excluding hydrogens is 228 g/mol. The van der Waals surface area contributed by atoms with Gasteiger partial charge in [0.05, 0.1) is 13.6 Å². The predicted octanol–water partition coefficient (Wildman–Crippen LogP) is 0.814. The highest BCUT2D eigenvalue weighted by Gasteiger charge is 2.08. The van der Waals surface area contributed by atoms with Crippen LogP contribution in [0.5, 0.6) is 0 Å². The molecule has 0 saturated heterocycles. The van der Waals surface area contributed by atoms with Gasteiger partial charge in [0.25, 0.3) is 0 Å². The summed E-state index contributed by atoms with van der Waals surface area (Å²) in [6.45, 7) is 4.61. The van der Waals surface area contributed by atoms with E-state index in [1.54, 1.807) is 7.05 Å². The number of hydrogen-bond acceptors (Lipinski definition) is 5. The molecule has 2 aromatic rings. The van der Waals surface area contributed by atoms with E-state index in [9.17, 15) is 0 Å². The number of tetrazole rings is 1. The molecule has 1 aromatic heterocycles. The monoisotopic (exact) mass is 246 g/mol. The van der Waals surface area contributed by atoms with Gasteiger partial charge in [-0.15, -0.1) is 10.2 Å². The summed E-state index contributed by atoms with van der Waals surface area (Å²) in [5, 5.41) is 12.0. The highest BCUT2D eigenvalue weighted by molar-refractivity contribution is 5.39. The first kappa shape index (κ1) is 12.5. The van der Waals surface area contributed by atoms with Crippen molar-refractivity contribution in [2.24, 2.45) is 7.05 Å². The molecule has 6 heteroatoms. The Kier molecular flexibility index (Phi) is 3.88. The molecule has 2 N–H and O–H groups in total. The predicted molar refractivity (Wildman–Crippen MR) is 69.4 cm³/mol. The molecule has 0 bridgehead atoms. The van der Waals surface area contributed by atoms with Crippen LogP contribution >= 0.6 is 0 Å². The van der Waals surface area contributed by atoms with Crippen molar-refractivity contribution < 1.29 is 0 Å². The Morgan fingerprint density at radius 3 is 2.50 bits per heavy atom. The van der Waals surface area contributed by atoms with Gasteiger partial charge in [-0.1, -0.05) is 19.1 Å². The van der Waals surface area contributed by atoms with Gasteiger partial charge in [-0.3, -0.25) is 4.90 Å². The second-order valence-electron chi connectivity index (χ2n) is 4.24. The third kappa shape index (κ3) is 3.27. The standard InChI is InChI=1S/C12H18N6/c1-3-18(9-12-14-16-17(2)15-12)8-10-4-6-11(13)7-5-10/h4-7H,3,8-9,13H2,1-2H3. The van der Waals surface area contributed by atoms with Gasteiger partial charge in [0.1, 0.15) is 0 Å². The fourth-order valence-corrected chi connectivity index (χ4v) is 1.75. The summed E-state index contributed by atoms with van der Waals surface area (Å²) in [6.07, 6.45) is 0. The van der Waals surface area contributed by atoms with Crippen LogP contribution in [0.1, 0.15) is 18.3 Å². The largest absolute Gasteiger partial charge is 0.399 e. The van der Waals surface area contributed by atoms with Crippen LogP contribution < -0.4 is 5.73 Å². The normalized spacial score (nSPS) is 11.1. The van der Waals surface area contributed by atoms with E-state index in [0.29, 0.717) is 6.54 Å². The van der Waals surface area contributed by atoms with E-state index in [-0.39, 0.29) is 0 Å². The van der Waals surface area contributed by atoms with Crippen LogP contribution in [0.15, 0.2) is 24.3 Å². The van der Waals surface area contributed by atoms with Crippen LogP contribution in [0.2, 0.25) is 0 Å². The van der Waals surface area contributed by atoms with E-state index < -0.39 is 0 Å². The summed E-state index contributed by atoms with van der Waals surface area (Å²) in [4.78, 5) is 3.73. The van der Waals surface area contributed by atoms with Crippen molar-refractivity contribution in [2.75, 3.05) is 12.3 Å². The molecule has 6 nitrogen and oxygen atoms in total. The molecule has 0 radical (unpaired) electrons. The highest BCUT2D eigenvalue weighted by Crippen LogP contribution is 2.09. The second-order valence-corrected chi connectivity index (χ2v) is 4.24. The molecule has 0 fully saturated rings. The quantitative estimate of drug-likeness (QED) is 0.790. The maximum Gasteiger partial charge on any atom is 0.188 e. The van der Waals surface area contributed by atoms with Gasteiger partial charge >= 0.3 is 0 Å². The zero-order valence-electron chi connectivity index (χ0n) is 10.7. The molecule has 0 aliphatic rings. The lowest BCUT2D eigenvalue weighted by Crippen LogP contribution is -2.23. The average Bonchev–Trinajstić information content (AvgIpc) is 2.77. The molecule has 0 aliphatic carbocycles. The Bertz CT molecular complexity index is 490. The summed E-state index contributed by atoms with van der Waals surface area (Å²) in [6, 6.07) is 7.93. The van der Waals surface area contributed by atoms with Crippen molar-refractivity contribution >= 4 is 5.69 Å². The zero-order chi connectivity index (χ0) is 13.0. The number of nitrogen functional groups attached to an aromatic ring is 1. The fraction of sp³-hybridized carbons (Fsp3) is 0.417. The first-order chi connectivity index (χ1) is 8.67. The maximum absolute atomic E-state index is 5.67. The minimum absolute atomic E-state index is 0.703. The molecule has 1 aromatic carbocycles. The molecule has 18 heavy (non-hydrogen) atoms. The number of hydrogen-bond donors (Lipinski definition) is 1. The lowest BCUT2D eigenvalue weighted by atomic mass is 10.2. The van der Waals surface area contributed by atoms with E-state index in [0.717, 1.165) is 24.6 Å². The molecule has 2 rings (SSSR count). The smallest absolute Gasteiger partial charge is 0.188 e. The number of anilines is 1. The topological polar surface area (TPSA) is 72.9 Å². The van der Waals surface area contributed by atoms with Gasteiger partial charge in [-0.05, 0) is 29.5 Å². The summed E-state index contributed by atoms with van der Waals surface area (Å²) in [5.74, 6) is 0.745. The lowest BCUT2D eigenvalue weighted by Gasteiger charge is -2.18. The maximum atomic E-state index is 5.67. The van der Waals surface area contributed by atoms with E-state index in [1.807, 2.05) is 24.3 Å². The Balaban J connectivity index is 1.99. The zero-order valence-corrected chi connectivity index (χ0v) is 10.7. The number of rotatable bonds is 5. The number of nitrogens with zero attached hydrogens (tertiary/aromatic N) is 5. The summed E-state index contributed by atoms with van der Waals surface area (Å²) < 4.78 is 0. The average molecular weight is 246 g/mol. The van der Waals surface area contributed by atoms with Crippen LogP contribution in [0.3, 0.4) is 0 Å². The number of aromatic nitrogens is 4. The molecule has 0 saturated carbocycles. The number of nitrogens with two attached hydrogens (primary N) is 1. The van der Waals surface area contributed by atoms with Crippen molar-refractivity contribution in [1.82, 2.24) is 25.1 Å². The molecule has 0 amide bonds. The van der Waals surface area contributed by atoms with Crippen molar-refractivity contribution in [3.05, 3.63) is 35.7 Å². The molecule has 0 spiro atoms. The summed E-state index contributed by atoms with van der Waals surface area (Å²) >= 11 is 0. The van der Waals surface area contributed by atoms with Crippen LogP contribution in [0.25, 0.3) is 0 Å². The molecule has 96 valence electrons. The van der Waals surface area contributed by atoms with E-state index >= 15 is 0 Å². The van der Waals surface area contributed by atoms with Crippen LogP contribution in [-0.4, -0.2) is 31.7 Å². The second kappa shape index (κ2) is 5.59. The highest BCUT2D eigenvalue weighted by atomic mass is 15.6. The van der Waals surface area contributed by atoms with Crippen molar-refractivity contribution in [2.45, 2.75) is 20.0 Å². The number of benzene rings is 1. The van der Waals surface area contributed by atoms with Gasteiger partial charge in [-0.2, -0.15) is 4.80 Å². The van der Waals surface area contributed by atoms with Gasteiger partial charge in [0.15, 0.2) is 5.82 Å². The molecule has 0 atom stereocenters. The van der Waals surface area contributed by atoms with Crippen LogP contribution in [-0.2, 0) is 20.1 Å². The minimum atomic E-state index is 0.703. The Morgan fingerprint density at radius 2 is 1.94 bits per heavy atom. The van der Waals surface area contributed by atoms with Crippen molar-refractivity contribution in [3.63, 3.8) is 0 Å². The molecular formula is C12H18N6. The summed E-state index contributed by atoms with van der Waals surface area (Å²) in [5.41, 5.74) is 7.69. The molecule has 0 aliphatic heterocycles. The van der Waals surface area contributed by atoms with Crippen LogP contribution in [0.4, 0.5) is 5.69 Å². The SMILES string of the molecule is CCN(Cc1ccc(N)cc1)Cc1nnn(C)n1.